The molecule has 0 aliphatic heterocycles. The fourth-order valence-corrected chi connectivity index (χ4v) is 2.21. The third-order valence-corrected chi connectivity index (χ3v) is 3.29. The number of alkyl halides is 2. The van der Waals surface area contributed by atoms with Crippen LogP contribution in [0.5, 0.6) is 0 Å². The molecule has 1 aliphatic rings. The Kier molecular flexibility index (Phi) is 3.76. The van der Waals surface area contributed by atoms with E-state index in [-0.39, 0.29) is 18.8 Å². The lowest BCUT2D eigenvalue weighted by molar-refractivity contribution is -0.0395. The topological polar surface area (TPSA) is 52.0 Å². The van der Waals surface area contributed by atoms with E-state index < -0.39 is 5.92 Å². The Morgan fingerprint density at radius 1 is 1.41 bits per heavy atom. The Morgan fingerprint density at radius 3 is 2.76 bits per heavy atom. The van der Waals surface area contributed by atoms with Crippen molar-refractivity contribution >= 4 is 0 Å². The highest BCUT2D eigenvalue weighted by atomic mass is 19.3. The summed E-state index contributed by atoms with van der Waals surface area (Å²) in [4.78, 5) is 4.16. The van der Waals surface area contributed by atoms with E-state index in [0.717, 1.165) is 18.6 Å². The summed E-state index contributed by atoms with van der Waals surface area (Å²) in [6.07, 6.45) is 4.12. The van der Waals surface area contributed by atoms with Crippen molar-refractivity contribution in [2.75, 3.05) is 6.54 Å². The SMILES string of the molecule is NCCCc1ncc(C2CCC(F)(F)CC2)o1. The molecule has 0 aromatic carbocycles. The number of nitrogens with two attached hydrogens (primary N) is 1. The molecule has 0 spiro atoms. The maximum atomic E-state index is 13.0. The normalized spacial score (nSPS) is 20.6. The van der Waals surface area contributed by atoms with Crippen LogP contribution in [0.4, 0.5) is 8.78 Å². The van der Waals surface area contributed by atoms with Crippen LogP contribution in [0.1, 0.15) is 49.7 Å². The van der Waals surface area contributed by atoms with Crippen LogP contribution < -0.4 is 5.73 Å². The van der Waals surface area contributed by atoms with Gasteiger partial charge in [0.1, 0.15) is 5.76 Å². The lowest BCUT2D eigenvalue weighted by Gasteiger charge is -2.26. The zero-order chi connectivity index (χ0) is 12.3. The summed E-state index contributed by atoms with van der Waals surface area (Å²) in [7, 11) is 0. The standard InChI is InChI=1S/C12H18F2N2O/c13-12(14)5-3-9(4-6-12)10-8-16-11(17-10)2-1-7-15/h8-9H,1-7,15H2. The largest absolute Gasteiger partial charge is 0.445 e. The van der Waals surface area contributed by atoms with Crippen molar-refractivity contribution in [3.63, 3.8) is 0 Å². The summed E-state index contributed by atoms with van der Waals surface area (Å²) >= 11 is 0. The molecule has 5 heteroatoms. The maximum absolute atomic E-state index is 13.0. The van der Waals surface area contributed by atoms with Crippen LogP contribution in [0.2, 0.25) is 0 Å². The molecule has 0 atom stereocenters. The summed E-state index contributed by atoms with van der Waals surface area (Å²) in [5.41, 5.74) is 5.40. The molecule has 2 N–H and O–H groups in total. The second kappa shape index (κ2) is 5.12. The molecule has 0 radical (unpaired) electrons. The first-order chi connectivity index (χ1) is 8.11. The Bertz CT molecular complexity index is 355. The molecule has 17 heavy (non-hydrogen) atoms. The minimum atomic E-state index is -2.49. The van der Waals surface area contributed by atoms with Crippen LogP contribution in [0, 0.1) is 0 Å². The van der Waals surface area contributed by atoms with Crippen LogP contribution in [0.25, 0.3) is 0 Å². The Labute approximate surface area is 99.4 Å². The first-order valence-corrected chi connectivity index (χ1v) is 6.13. The van der Waals surface area contributed by atoms with Gasteiger partial charge in [0.15, 0.2) is 5.89 Å². The fourth-order valence-electron chi connectivity index (χ4n) is 2.21. The molecule has 3 nitrogen and oxygen atoms in total. The minimum absolute atomic E-state index is 0.0451. The summed E-state index contributed by atoms with van der Waals surface area (Å²) in [6, 6.07) is 0. The van der Waals surface area contributed by atoms with Gasteiger partial charge < -0.3 is 10.2 Å². The van der Waals surface area contributed by atoms with Crippen molar-refractivity contribution in [2.24, 2.45) is 5.73 Å². The Morgan fingerprint density at radius 2 is 2.12 bits per heavy atom. The second-order valence-electron chi connectivity index (χ2n) is 4.68. The van der Waals surface area contributed by atoms with Crippen molar-refractivity contribution in [1.29, 1.82) is 0 Å². The number of rotatable bonds is 4. The Hall–Kier alpha value is -0.970. The first kappa shape index (κ1) is 12.5. The van der Waals surface area contributed by atoms with Crippen LogP contribution in [0.15, 0.2) is 10.6 Å². The maximum Gasteiger partial charge on any atom is 0.248 e. The number of nitrogens with zero attached hydrogens (tertiary/aromatic N) is 1. The molecule has 96 valence electrons. The molecule has 2 rings (SSSR count). The summed E-state index contributed by atoms with van der Waals surface area (Å²) in [5, 5.41) is 0. The van der Waals surface area contributed by atoms with E-state index in [9.17, 15) is 8.78 Å². The second-order valence-corrected chi connectivity index (χ2v) is 4.68. The van der Waals surface area contributed by atoms with Gasteiger partial charge in [-0.1, -0.05) is 0 Å². The zero-order valence-electron chi connectivity index (χ0n) is 9.79. The number of hydrogen-bond acceptors (Lipinski definition) is 3. The molecule has 1 saturated carbocycles. The minimum Gasteiger partial charge on any atom is -0.445 e. The van der Waals surface area contributed by atoms with Gasteiger partial charge in [0.25, 0.3) is 0 Å². The molecular formula is C12H18F2N2O. The summed E-state index contributed by atoms with van der Waals surface area (Å²) < 4.78 is 31.6. The van der Waals surface area contributed by atoms with Crippen molar-refractivity contribution in [3.8, 4) is 0 Å². The van der Waals surface area contributed by atoms with Crippen molar-refractivity contribution in [3.05, 3.63) is 17.8 Å². The lowest BCUT2D eigenvalue weighted by atomic mass is 9.85. The molecule has 0 saturated heterocycles. The monoisotopic (exact) mass is 244 g/mol. The molecule has 0 amide bonds. The van der Waals surface area contributed by atoms with E-state index in [1.165, 1.54) is 0 Å². The predicted octanol–water partition coefficient (Wildman–Crippen LogP) is 2.86. The highest BCUT2D eigenvalue weighted by molar-refractivity contribution is 5.04. The smallest absolute Gasteiger partial charge is 0.248 e. The van der Waals surface area contributed by atoms with E-state index in [4.69, 9.17) is 10.2 Å². The van der Waals surface area contributed by atoms with Gasteiger partial charge in [-0.25, -0.2) is 13.8 Å². The number of aromatic nitrogens is 1. The third-order valence-electron chi connectivity index (χ3n) is 3.29. The van der Waals surface area contributed by atoms with Gasteiger partial charge >= 0.3 is 0 Å². The van der Waals surface area contributed by atoms with Gasteiger partial charge in [-0.2, -0.15) is 0 Å². The Balaban J connectivity index is 1.92. The molecular weight excluding hydrogens is 226 g/mol. The van der Waals surface area contributed by atoms with Crippen LogP contribution in [-0.4, -0.2) is 17.5 Å². The molecule has 1 aromatic rings. The van der Waals surface area contributed by atoms with Crippen LogP contribution >= 0.6 is 0 Å². The quantitative estimate of drug-likeness (QED) is 0.886. The van der Waals surface area contributed by atoms with Gasteiger partial charge in [0, 0.05) is 25.2 Å². The fraction of sp³-hybridized carbons (Fsp3) is 0.750. The first-order valence-electron chi connectivity index (χ1n) is 6.13. The van der Waals surface area contributed by atoms with Crippen molar-refractivity contribution in [2.45, 2.75) is 50.4 Å². The lowest BCUT2D eigenvalue weighted by Crippen LogP contribution is -2.23. The van der Waals surface area contributed by atoms with E-state index >= 15 is 0 Å². The third kappa shape index (κ3) is 3.25. The van der Waals surface area contributed by atoms with Crippen LogP contribution in [-0.2, 0) is 6.42 Å². The molecule has 1 aliphatic carbocycles. The van der Waals surface area contributed by atoms with Gasteiger partial charge in [0.05, 0.1) is 6.20 Å². The summed E-state index contributed by atoms with van der Waals surface area (Å²) in [5.74, 6) is -0.956. The van der Waals surface area contributed by atoms with Gasteiger partial charge in [-0.3, -0.25) is 0 Å². The molecule has 0 bridgehead atoms. The van der Waals surface area contributed by atoms with E-state index in [1.807, 2.05) is 0 Å². The molecule has 1 fully saturated rings. The van der Waals surface area contributed by atoms with Crippen molar-refractivity contribution < 1.29 is 13.2 Å². The number of aryl methyl sites for hydroxylation is 1. The zero-order valence-corrected chi connectivity index (χ0v) is 9.79. The number of hydrogen-bond donors (Lipinski definition) is 1. The molecule has 1 heterocycles. The summed E-state index contributed by atoms with van der Waals surface area (Å²) in [6.45, 7) is 0.605. The van der Waals surface area contributed by atoms with Crippen LogP contribution in [0.3, 0.4) is 0 Å². The van der Waals surface area contributed by atoms with Gasteiger partial charge in [0.2, 0.25) is 5.92 Å². The predicted molar refractivity (Wildman–Crippen MR) is 60.0 cm³/mol. The average molecular weight is 244 g/mol. The highest BCUT2D eigenvalue weighted by Gasteiger charge is 2.36. The number of oxazole rings is 1. The average Bonchev–Trinajstić information content (AvgIpc) is 2.75. The number of halogens is 2. The van der Waals surface area contributed by atoms with Gasteiger partial charge in [-0.15, -0.1) is 0 Å². The highest BCUT2D eigenvalue weighted by Crippen LogP contribution is 2.40. The van der Waals surface area contributed by atoms with E-state index in [0.29, 0.717) is 25.3 Å². The van der Waals surface area contributed by atoms with Crippen molar-refractivity contribution in [1.82, 2.24) is 4.98 Å². The van der Waals surface area contributed by atoms with E-state index in [1.54, 1.807) is 6.20 Å². The van der Waals surface area contributed by atoms with E-state index in [2.05, 4.69) is 4.98 Å². The molecule has 0 unspecified atom stereocenters. The van der Waals surface area contributed by atoms with Gasteiger partial charge in [-0.05, 0) is 25.8 Å². The molecule has 1 aromatic heterocycles.